The third kappa shape index (κ3) is 3.99. The molecule has 0 aliphatic rings. The van der Waals surface area contributed by atoms with E-state index in [2.05, 4.69) is 5.32 Å². The standard InChI is InChI=1S/C17H17NO2/c1-13(15-8-5-9-16(19)12-15)18-17(20)11-10-14-6-3-2-4-7-14/h2-13,19H,1H3,(H,18,20)/t13-/m0/s1. The van der Waals surface area contributed by atoms with Crippen molar-refractivity contribution in [3.05, 3.63) is 71.8 Å². The first-order valence-electron chi connectivity index (χ1n) is 6.48. The molecule has 2 aromatic carbocycles. The van der Waals surface area contributed by atoms with Crippen molar-refractivity contribution < 1.29 is 9.90 Å². The largest absolute Gasteiger partial charge is 0.508 e. The minimum absolute atomic E-state index is 0.157. The molecule has 0 unspecified atom stereocenters. The summed E-state index contributed by atoms with van der Waals surface area (Å²) in [6.07, 6.45) is 3.28. The quantitative estimate of drug-likeness (QED) is 0.835. The third-order valence-electron chi connectivity index (χ3n) is 2.96. The monoisotopic (exact) mass is 267 g/mol. The molecule has 0 aliphatic carbocycles. The van der Waals surface area contributed by atoms with Gasteiger partial charge in [0.05, 0.1) is 6.04 Å². The fraction of sp³-hybridized carbons (Fsp3) is 0.118. The molecule has 102 valence electrons. The second kappa shape index (κ2) is 6.57. The van der Waals surface area contributed by atoms with Gasteiger partial charge in [0.2, 0.25) is 5.91 Å². The first-order valence-corrected chi connectivity index (χ1v) is 6.48. The second-order valence-electron chi connectivity index (χ2n) is 4.57. The first-order chi connectivity index (χ1) is 9.65. The highest BCUT2D eigenvalue weighted by molar-refractivity contribution is 5.91. The van der Waals surface area contributed by atoms with Gasteiger partial charge in [0.25, 0.3) is 0 Å². The molecule has 0 aliphatic heterocycles. The highest BCUT2D eigenvalue weighted by Gasteiger charge is 2.07. The van der Waals surface area contributed by atoms with Gasteiger partial charge in [-0.3, -0.25) is 4.79 Å². The van der Waals surface area contributed by atoms with E-state index in [1.165, 1.54) is 6.08 Å². The Morgan fingerprint density at radius 3 is 2.60 bits per heavy atom. The molecule has 0 bridgehead atoms. The number of carbonyl (C=O) groups excluding carboxylic acids is 1. The van der Waals surface area contributed by atoms with Crippen LogP contribution in [-0.4, -0.2) is 11.0 Å². The number of carbonyl (C=O) groups is 1. The van der Waals surface area contributed by atoms with Gasteiger partial charge in [-0.1, -0.05) is 42.5 Å². The predicted octanol–water partition coefficient (Wildman–Crippen LogP) is 3.28. The van der Waals surface area contributed by atoms with E-state index in [0.717, 1.165) is 11.1 Å². The van der Waals surface area contributed by atoms with Gasteiger partial charge in [0.15, 0.2) is 0 Å². The SMILES string of the molecule is C[C@H](NC(=O)C=Cc1ccccc1)c1cccc(O)c1. The number of rotatable bonds is 4. The molecule has 0 heterocycles. The zero-order valence-corrected chi connectivity index (χ0v) is 11.3. The Morgan fingerprint density at radius 1 is 1.15 bits per heavy atom. The van der Waals surface area contributed by atoms with Gasteiger partial charge >= 0.3 is 0 Å². The molecule has 0 saturated carbocycles. The van der Waals surface area contributed by atoms with Gasteiger partial charge in [-0.05, 0) is 36.3 Å². The van der Waals surface area contributed by atoms with Gasteiger partial charge in [-0.25, -0.2) is 0 Å². The van der Waals surface area contributed by atoms with E-state index in [4.69, 9.17) is 0 Å². The van der Waals surface area contributed by atoms with Crippen molar-refractivity contribution in [3.8, 4) is 5.75 Å². The molecule has 3 nitrogen and oxygen atoms in total. The van der Waals surface area contributed by atoms with Crippen molar-refractivity contribution in [2.45, 2.75) is 13.0 Å². The van der Waals surface area contributed by atoms with Gasteiger partial charge in [0, 0.05) is 6.08 Å². The Kier molecular flexibility index (Phi) is 4.56. The van der Waals surface area contributed by atoms with Gasteiger partial charge in [0.1, 0.15) is 5.75 Å². The normalized spacial score (nSPS) is 12.2. The highest BCUT2D eigenvalue weighted by atomic mass is 16.3. The number of benzene rings is 2. The van der Waals surface area contributed by atoms with Crippen LogP contribution in [0.3, 0.4) is 0 Å². The zero-order chi connectivity index (χ0) is 14.4. The number of hydrogen-bond acceptors (Lipinski definition) is 2. The van der Waals surface area contributed by atoms with E-state index >= 15 is 0 Å². The summed E-state index contributed by atoms with van der Waals surface area (Å²) in [6, 6.07) is 16.4. The van der Waals surface area contributed by atoms with Crippen molar-refractivity contribution in [2.24, 2.45) is 0 Å². The summed E-state index contributed by atoms with van der Waals surface area (Å²) < 4.78 is 0. The fourth-order valence-electron chi connectivity index (χ4n) is 1.88. The molecule has 1 atom stereocenters. The van der Waals surface area contributed by atoms with Crippen LogP contribution in [-0.2, 0) is 4.79 Å². The summed E-state index contributed by atoms with van der Waals surface area (Å²) in [5.41, 5.74) is 1.85. The van der Waals surface area contributed by atoms with E-state index in [1.807, 2.05) is 43.3 Å². The number of nitrogens with one attached hydrogen (secondary N) is 1. The lowest BCUT2D eigenvalue weighted by Crippen LogP contribution is -2.24. The molecule has 0 saturated heterocycles. The number of aromatic hydroxyl groups is 1. The molecule has 1 amide bonds. The van der Waals surface area contributed by atoms with E-state index in [0.29, 0.717) is 0 Å². The summed E-state index contributed by atoms with van der Waals surface area (Å²) >= 11 is 0. The summed E-state index contributed by atoms with van der Waals surface area (Å²) in [5.74, 6) is 0.0353. The van der Waals surface area contributed by atoms with Crippen LogP contribution in [0, 0.1) is 0 Å². The minimum Gasteiger partial charge on any atom is -0.508 e. The van der Waals surface area contributed by atoms with Gasteiger partial charge in [-0.2, -0.15) is 0 Å². The number of hydrogen-bond donors (Lipinski definition) is 2. The summed E-state index contributed by atoms with van der Waals surface area (Å²) in [6.45, 7) is 1.88. The molecule has 2 rings (SSSR count). The highest BCUT2D eigenvalue weighted by Crippen LogP contribution is 2.17. The fourth-order valence-corrected chi connectivity index (χ4v) is 1.88. The molecule has 0 radical (unpaired) electrons. The Bertz CT molecular complexity index is 605. The lowest BCUT2D eigenvalue weighted by molar-refractivity contribution is -0.117. The van der Waals surface area contributed by atoms with E-state index < -0.39 is 0 Å². The van der Waals surface area contributed by atoms with Crippen LogP contribution in [0.2, 0.25) is 0 Å². The number of amides is 1. The van der Waals surface area contributed by atoms with E-state index in [-0.39, 0.29) is 17.7 Å². The average Bonchev–Trinajstić information content (AvgIpc) is 2.46. The molecular weight excluding hydrogens is 250 g/mol. The van der Waals surface area contributed by atoms with Gasteiger partial charge in [-0.15, -0.1) is 0 Å². The van der Waals surface area contributed by atoms with Crippen molar-refractivity contribution in [3.63, 3.8) is 0 Å². The second-order valence-corrected chi connectivity index (χ2v) is 4.57. The van der Waals surface area contributed by atoms with Crippen molar-refractivity contribution in [1.29, 1.82) is 0 Å². The number of phenolic OH excluding ortho intramolecular Hbond substituents is 1. The van der Waals surface area contributed by atoms with Crippen molar-refractivity contribution >= 4 is 12.0 Å². The first kappa shape index (κ1) is 13.9. The lowest BCUT2D eigenvalue weighted by Gasteiger charge is -2.13. The van der Waals surface area contributed by atoms with Crippen LogP contribution in [0.5, 0.6) is 5.75 Å². The maximum atomic E-state index is 11.8. The van der Waals surface area contributed by atoms with Crippen LogP contribution in [0.1, 0.15) is 24.1 Å². The average molecular weight is 267 g/mol. The summed E-state index contributed by atoms with van der Waals surface area (Å²) in [4.78, 5) is 11.8. The third-order valence-corrected chi connectivity index (χ3v) is 2.96. The molecule has 3 heteroatoms. The molecule has 0 fully saturated rings. The molecular formula is C17H17NO2. The van der Waals surface area contributed by atoms with Crippen molar-refractivity contribution in [2.75, 3.05) is 0 Å². The molecule has 0 aromatic heterocycles. The summed E-state index contributed by atoms with van der Waals surface area (Å²) in [7, 11) is 0. The van der Waals surface area contributed by atoms with E-state index in [1.54, 1.807) is 24.3 Å². The number of phenols is 1. The maximum Gasteiger partial charge on any atom is 0.244 e. The molecule has 0 spiro atoms. The zero-order valence-electron chi connectivity index (χ0n) is 11.3. The maximum absolute atomic E-state index is 11.8. The topological polar surface area (TPSA) is 49.3 Å². The van der Waals surface area contributed by atoms with Crippen LogP contribution < -0.4 is 5.32 Å². The smallest absolute Gasteiger partial charge is 0.244 e. The molecule has 20 heavy (non-hydrogen) atoms. The van der Waals surface area contributed by atoms with Crippen LogP contribution >= 0.6 is 0 Å². The predicted molar refractivity (Wildman–Crippen MR) is 80.1 cm³/mol. The minimum atomic E-state index is -0.162. The summed E-state index contributed by atoms with van der Waals surface area (Å²) in [5, 5.41) is 12.3. The Hall–Kier alpha value is -2.55. The van der Waals surface area contributed by atoms with Gasteiger partial charge < -0.3 is 10.4 Å². The van der Waals surface area contributed by atoms with Crippen molar-refractivity contribution in [1.82, 2.24) is 5.32 Å². The lowest BCUT2D eigenvalue weighted by atomic mass is 10.1. The van der Waals surface area contributed by atoms with Crippen LogP contribution in [0.4, 0.5) is 0 Å². The molecule has 2 aromatic rings. The molecule has 2 N–H and O–H groups in total. The van der Waals surface area contributed by atoms with E-state index in [9.17, 15) is 9.90 Å². The Balaban J connectivity index is 1.96. The van der Waals surface area contributed by atoms with Crippen LogP contribution in [0.25, 0.3) is 6.08 Å². The Labute approximate surface area is 118 Å². The van der Waals surface area contributed by atoms with Crippen LogP contribution in [0.15, 0.2) is 60.7 Å². The Morgan fingerprint density at radius 2 is 1.90 bits per heavy atom.